The van der Waals surface area contributed by atoms with E-state index >= 15 is 0 Å². The summed E-state index contributed by atoms with van der Waals surface area (Å²) in [5.74, 6) is 1.41. The number of aryl methyl sites for hydroxylation is 1. The highest BCUT2D eigenvalue weighted by molar-refractivity contribution is 6.20. The molecule has 0 spiro atoms. The Morgan fingerprint density at radius 2 is 1.73 bits per heavy atom. The Hall–Kier alpha value is -0.930. The standard InChI is InChI=1S/C11H16ClNO2/c1-7-5-9(14-3)10(15-4)6-8(7)11(12)13-2/h5-6,11,13H,1-4H3. The lowest BCUT2D eigenvalue weighted by Crippen LogP contribution is -2.11. The molecule has 0 bridgehead atoms. The molecule has 0 aromatic heterocycles. The predicted octanol–water partition coefficient (Wildman–Crippen LogP) is 2.47. The van der Waals surface area contributed by atoms with Crippen LogP contribution in [0.4, 0.5) is 0 Å². The Kier molecular flexibility index (Phi) is 4.24. The molecule has 15 heavy (non-hydrogen) atoms. The van der Waals surface area contributed by atoms with Crippen LogP contribution >= 0.6 is 11.6 Å². The molecule has 0 heterocycles. The van der Waals surface area contributed by atoms with Crippen molar-refractivity contribution in [1.29, 1.82) is 0 Å². The third-order valence-electron chi connectivity index (χ3n) is 2.30. The lowest BCUT2D eigenvalue weighted by Gasteiger charge is -2.15. The van der Waals surface area contributed by atoms with Gasteiger partial charge in [0.05, 0.1) is 14.2 Å². The molecule has 0 radical (unpaired) electrons. The Balaban J connectivity index is 3.19. The van der Waals surface area contributed by atoms with Gasteiger partial charge in [-0.1, -0.05) is 0 Å². The summed E-state index contributed by atoms with van der Waals surface area (Å²) >= 11 is 6.11. The highest BCUT2D eigenvalue weighted by atomic mass is 35.5. The van der Waals surface area contributed by atoms with Crippen molar-refractivity contribution in [1.82, 2.24) is 5.32 Å². The van der Waals surface area contributed by atoms with Crippen molar-refractivity contribution in [3.8, 4) is 11.5 Å². The van der Waals surface area contributed by atoms with Crippen LogP contribution in [-0.4, -0.2) is 21.3 Å². The van der Waals surface area contributed by atoms with Crippen molar-refractivity contribution < 1.29 is 9.47 Å². The Morgan fingerprint density at radius 3 is 2.20 bits per heavy atom. The third kappa shape index (κ3) is 2.55. The summed E-state index contributed by atoms with van der Waals surface area (Å²) in [5, 5.41) is 2.98. The van der Waals surface area contributed by atoms with Crippen molar-refractivity contribution in [3.05, 3.63) is 23.3 Å². The van der Waals surface area contributed by atoms with Gasteiger partial charge in [0.25, 0.3) is 0 Å². The normalized spacial score (nSPS) is 12.3. The lowest BCUT2D eigenvalue weighted by molar-refractivity contribution is 0.354. The Morgan fingerprint density at radius 1 is 1.20 bits per heavy atom. The molecule has 84 valence electrons. The molecule has 0 saturated heterocycles. The molecule has 0 aliphatic rings. The SMILES string of the molecule is CNC(Cl)c1cc(OC)c(OC)cc1C. The van der Waals surface area contributed by atoms with E-state index in [1.807, 2.05) is 26.1 Å². The highest BCUT2D eigenvalue weighted by Gasteiger charge is 2.13. The number of methoxy groups -OCH3 is 2. The van der Waals surface area contributed by atoms with Gasteiger partial charge in [-0.2, -0.15) is 0 Å². The Labute approximate surface area is 95.3 Å². The van der Waals surface area contributed by atoms with Gasteiger partial charge in [-0.15, -0.1) is 11.6 Å². The molecule has 1 rings (SSSR count). The minimum absolute atomic E-state index is 0.218. The van der Waals surface area contributed by atoms with Gasteiger partial charge >= 0.3 is 0 Å². The maximum absolute atomic E-state index is 6.11. The molecular formula is C11H16ClNO2. The fraction of sp³-hybridized carbons (Fsp3) is 0.455. The minimum Gasteiger partial charge on any atom is -0.493 e. The van der Waals surface area contributed by atoms with Gasteiger partial charge in [0.1, 0.15) is 5.50 Å². The van der Waals surface area contributed by atoms with E-state index in [1.54, 1.807) is 14.2 Å². The summed E-state index contributed by atoms with van der Waals surface area (Å²) < 4.78 is 10.4. The van der Waals surface area contributed by atoms with E-state index in [9.17, 15) is 0 Å². The fourth-order valence-electron chi connectivity index (χ4n) is 1.42. The van der Waals surface area contributed by atoms with Crippen LogP contribution in [-0.2, 0) is 0 Å². The van der Waals surface area contributed by atoms with E-state index < -0.39 is 0 Å². The second-order valence-electron chi connectivity index (χ2n) is 3.22. The number of hydrogen-bond acceptors (Lipinski definition) is 3. The Bertz CT molecular complexity index is 342. The van der Waals surface area contributed by atoms with Crippen molar-refractivity contribution in [3.63, 3.8) is 0 Å². The predicted molar refractivity (Wildman–Crippen MR) is 61.9 cm³/mol. The zero-order valence-corrected chi connectivity index (χ0v) is 10.2. The maximum atomic E-state index is 6.11. The van der Waals surface area contributed by atoms with Gasteiger partial charge in [-0.05, 0) is 37.2 Å². The van der Waals surface area contributed by atoms with E-state index in [2.05, 4.69) is 5.32 Å². The lowest BCUT2D eigenvalue weighted by atomic mass is 10.1. The van der Waals surface area contributed by atoms with Crippen LogP contribution in [0.5, 0.6) is 11.5 Å². The number of hydrogen-bond donors (Lipinski definition) is 1. The number of alkyl halides is 1. The first kappa shape index (κ1) is 12.1. The van der Waals surface area contributed by atoms with E-state index in [0.717, 1.165) is 16.9 Å². The molecule has 0 saturated carbocycles. The molecule has 0 amide bonds. The van der Waals surface area contributed by atoms with Crippen molar-refractivity contribution >= 4 is 11.6 Å². The first-order chi connectivity index (χ1) is 7.13. The average Bonchev–Trinajstić information content (AvgIpc) is 2.27. The molecule has 1 aromatic rings. The molecule has 4 heteroatoms. The van der Waals surface area contributed by atoms with Crippen LogP contribution in [0, 0.1) is 6.92 Å². The second-order valence-corrected chi connectivity index (χ2v) is 3.65. The summed E-state index contributed by atoms with van der Waals surface area (Å²) in [5.41, 5.74) is 1.85. The fourth-order valence-corrected chi connectivity index (χ4v) is 1.66. The number of nitrogens with one attached hydrogen (secondary N) is 1. The molecule has 1 N–H and O–H groups in total. The molecular weight excluding hydrogens is 214 g/mol. The smallest absolute Gasteiger partial charge is 0.161 e. The molecule has 0 fully saturated rings. The average molecular weight is 230 g/mol. The number of rotatable bonds is 4. The third-order valence-corrected chi connectivity index (χ3v) is 2.75. The summed E-state index contributed by atoms with van der Waals surface area (Å²) in [4.78, 5) is 0. The van der Waals surface area contributed by atoms with Gasteiger partial charge in [-0.3, -0.25) is 0 Å². The minimum atomic E-state index is -0.218. The van der Waals surface area contributed by atoms with Gasteiger partial charge in [0, 0.05) is 0 Å². The van der Waals surface area contributed by atoms with E-state index in [0.29, 0.717) is 5.75 Å². The summed E-state index contributed by atoms with van der Waals surface area (Å²) in [7, 11) is 5.04. The van der Waals surface area contributed by atoms with Crippen LogP contribution in [0.3, 0.4) is 0 Å². The molecule has 0 aliphatic carbocycles. The van der Waals surface area contributed by atoms with Gasteiger partial charge in [-0.25, -0.2) is 0 Å². The number of benzene rings is 1. The van der Waals surface area contributed by atoms with E-state index in [1.165, 1.54) is 0 Å². The first-order valence-electron chi connectivity index (χ1n) is 4.68. The molecule has 1 unspecified atom stereocenters. The highest BCUT2D eigenvalue weighted by Crippen LogP contribution is 2.33. The quantitative estimate of drug-likeness (QED) is 0.636. The van der Waals surface area contributed by atoms with Crippen LogP contribution in [0.2, 0.25) is 0 Å². The van der Waals surface area contributed by atoms with Crippen molar-refractivity contribution in [2.45, 2.75) is 12.4 Å². The molecule has 3 nitrogen and oxygen atoms in total. The maximum Gasteiger partial charge on any atom is 0.161 e. The van der Waals surface area contributed by atoms with E-state index in [-0.39, 0.29) is 5.50 Å². The van der Waals surface area contributed by atoms with Crippen molar-refractivity contribution in [2.75, 3.05) is 21.3 Å². The molecule has 1 aromatic carbocycles. The van der Waals surface area contributed by atoms with Gasteiger partial charge in [0.15, 0.2) is 11.5 Å². The van der Waals surface area contributed by atoms with Crippen LogP contribution < -0.4 is 14.8 Å². The summed E-state index contributed by atoms with van der Waals surface area (Å²) in [6.07, 6.45) is 0. The summed E-state index contributed by atoms with van der Waals surface area (Å²) in [6.45, 7) is 1.99. The first-order valence-corrected chi connectivity index (χ1v) is 5.11. The van der Waals surface area contributed by atoms with Gasteiger partial charge in [0.2, 0.25) is 0 Å². The molecule has 1 atom stereocenters. The topological polar surface area (TPSA) is 30.5 Å². The number of ether oxygens (including phenoxy) is 2. The van der Waals surface area contributed by atoms with Crippen molar-refractivity contribution in [2.24, 2.45) is 0 Å². The monoisotopic (exact) mass is 229 g/mol. The number of halogens is 1. The van der Waals surface area contributed by atoms with Crippen LogP contribution in [0.25, 0.3) is 0 Å². The molecule has 0 aliphatic heterocycles. The zero-order chi connectivity index (χ0) is 11.4. The largest absolute Gasteiger partial charge is 0.493 e. The van der Waals surface area contributed by atoms with Crippen LogP contribution in [0.15, 0.2) is 12.1 Å². The second kappa shape index (κ2) is 5.24. The van der Waals surface area contributed by atoms with E-state index in [4.69, 9.17) is 21.1 Å². The van der Waals surface area contributed by atoms with Gasteiger partial charge < -0.3 is 14.8 Å². The zero-order valence-electron chi connectivity index (χ0n) is 9.43. The summed E-state index contributed by atoms with van der Waals surface area (Å²) in [6, 6.07) is 3.81. The van der Waals surface area contributed by atoms with Crippen LogP contribution in [0.1, 0.15) is 16.6 Å².